The Morgan fingerprint density at radius 2 is 2.13 bits per heavy atom. The molecule has 0 bridgehead atoms. The summed E-state index contributed by atoms with van der Waals surface area (Å²) in [4.78, 5) is 23.8. The van der Waals surface area contributed by atoms with Crippen molar-refractivity contribution in [3.8, 4) is 0 Å². The van der Waals surface area contributed by atoms with Gasteiger partial charge in [0.05, 0.1) is 0 Å². The number of hydrogen-bond acceptors (Lipinski definition) is 2. The first-order valence-corrected chi connectivity index (χ1v) is 5.87. The molecule has 1 amide bonds. The van der Waals surface area contributed by atoms with E-state index in [1.54, 1.807) is 0 Å². The molecule has 1 saturated heterocycles. The second kappa shape index (κ2) is 6.79. The SMILES string of the molecule is O.O=C(O)[C@@H]1CCCN1C(=O)CCCBr. The smallest absolute Gasteiger partial charge is 0.326 e. The van der Waals surface area contributed by atoms with Crippen molar-refractivity contribution in [1.29, 1.82) is 0 Å². The number of carbonyl (C=O) groups is 2. The molecular weight excluding hydrogens is 266 g/mol. The van der Waals surface area contributed by atoms with Crippen LogP contribution < -0.4 is 0 Å². The van der Waals surface area contributed by atoms with E-state index in [1.807, 2.05) is 0 Å². The molecule has 1 fully saturated rings. The maximum atomic E-state index is 11.6. The molecular formula is C9H16BrNO4. The minimum atomic E-state index is -0.880. The molecule has 0 aromatic rings. The van der Waals surface area contributed by atoms with E-state index in [0.717, 1.165) is 18.2 Å². The van der Waals surface area contributed by atoms with Crippen molar-refractivity contribution in [1.82, 2.24) is 4.90 Å². The molecule has 6 heteroatoms. The van der Waals surface area contributed by atoms with E-state index in [0.29, 0.717) is 19.4 Å². The van der Waals surface area contributed by atoms with Crippen molar-refractivity contribution in [3.63, 3.8) is 0 Å². The van der Waals surface area contributed by atoms with Crippen LogP contribution in [0.1, 0.15) is 25.7 Å². The summed E-state index contributed by atoms with van der Waals surface area (Å²) in [6.45, 7) is 0.595. The molecule has 1 atom stereocenters. The van der Waals surface area contributed by atoms with Crippen LogP contribution in [0.4, 0.5) is 0 Å². The predicted octanol–water partition coefficient (Wildman–Crippen LogP) is 0.412. The number of carboxylic acid groups (broad SMARTS) is 1. The highest BCUT2D eigenvalue weighted by Crippen LogP contribution is 2.18. The summed E-state index contributed by atoms with van der Waals surface area (Å²) >= 11 is 3.24. The van der Waals surface area contributed by atoms with Crippen LogP contribution in [0, 0.1) is 0 Å². The van der Waals surface area contributed by atoms with Gasteiger partial charge in [-0.1, -0.05) is 15.9 Å². The van der Waals surface area contributed by atoms with Crippen LogP contribution in [-0.2, 0) is 9.59 Å². The molecule has 0 radical (unpaired) electrons. The third kappa shape index (κ3) is 3.79. The third-order valence-electron chi connectivity index (χ3n) is 2.38. The highest BCUT2D eigenvalue weighted by Gasteiger charge is 2.33. The molecule has 1 heterocycles. The summed E-state index contributed by atoms with van der Waals surface area (Å²) in [5.74, 6) is -0.913. The van der Waals surface area contributed by atoms with E-state index in [9.17, 15) is 9.59 Å². The highest BCUT2D eigenvalue weighted by atomic mass is 79.9. The number of carbonyl (C=O) groups excluding carboxylic acids is 1. The van der Waals surface area contributed by atoms with E-state index in [-0.39, 0.29) is 11.4 Å². The van der Waals surface area contributed by atoms with Crippen LogP contribution >= 0.6 is 15.9 Å². The van der Waals surface area contributed by atoms with Crippen molar-refractivity contribution < 1.29 is 20.2 Å². The lowest BCUT2D eigenvalue weighted by molar-refractivity contribution is -0.148. The maximum absolute atomic E-state index is 11.6. The van der Waals surface area contributed by atoms with Crippen LogP contribution in [-0.4, -0.2) is 45.3 Å². The summed E-state index contributed by atoms with van der Waals surface area (Å²) in [5, 5.41) is 9.64. The van der Waals surface area contributed by atoms with Crippen molar-refractivity contribution in [2.45, 2.75) is 31.7 Å². The number of alkyl halides is 1. The fourth-order valence-corrected chi connectivity index (χ4v) is 1.96. The molecule has 0 aliphatic carbocycles. The molecule has 1 aliphatic heterocycles. The summed E-state index contributed by atoms with van der Waals surface area (Å²) in [5.41, 5.74) is 0. The summed E-state index contributed by atoms with van der Waals surface area (Å²) in [7, 11) is 0. The topological polar surface area (TPSA) is 89.1 Å². The second-order valence-electron chi connectivity index (χ2n) is 3.38. The molecule has 15 heavy (non-hydrogen) atoms. The minimum Gasteiger partial charge on any atom is -0.480 e. The minimum absolute atomic E-state index is 0. The van der Waals surface area contributed by atoms with Crippen LogP contribution in [0.2, 0.25) is 0 Å². The zero-order valence-corrected chi connectivity index (χ0v) is 9.99. The Morgan fingerprint density at radius 1 is 1.47 bits per heavy atom. The van der Waals surface area contributed by atoms with Gasteiger partial charge in [0.15, 0.2) is 0 Å². The number of rotatable bonds is 4. The number of amides is 1. The Bertz CT molecular complexity index is 234. The van der Waals surface area contributed by atoms with Gasteiger partial charge in [0.25, 0.3) is 0 Å². The number of likely N-dealkylation sites (tertiary alicyclic amines) is 1. The summed E-state index contributed by atoms with van der Waals surface area (Å²) < 4.78 is 0. The number of hydrogen-bond donors (Lipinski definition) is 1. The molecule has 5 nitrogen and oxygen atoms in total. The van der Waals surface area contributed by atoms with Gasteiger partial charge in [-0.3, -0.25) is 4.79 Å². The molecule has 0 aromatic heterocycles. The Hall–Kier alpha value is -0.620. The number of nitrogens with zero attached hydrogens (tertiary/aromatic N) is 1. The van der Waals surface area contributed by atoms with Gasteiger partial charge in [0.1, 0.15) is 6.04 Å². The predicted molar refractivity (Wildman–Crippen MR) is 59.0 cm³/mol. The molecule has 0 spiro atoms. The van der Waals surface area contributed by atoms with Gasteiger partial charge in [-0.25, -0.2) is 4.79 Å². The normalized spacial score (nSPS) is 19.8. The zero-order valence-electron chi connectivity index (χ0n) is 8.41. The quantitative estimate of drug-likeness (QED) is 0.757. The summed E-state index contributed by atoms with van der Waals surface area (Å²) in [6, 6.07) is -0.585. The van der Waals surface area contributed by atoms with E-state index >= 15 is 0 Å². The van der Waals surface area contributed by atoms with Gasteiger partial charge in [0, 0.05) is 18.3 Å². The van der Waals surface area contributed by atoms with Gasteiger partial charge < -0.3 is 15.5 Å². The standard InChI is InChI=1S/C9H14BrNO3.H2O/c10-5-1-4-8(12)11-6-2-3-7(11)9(13)14;/h7H,1-6H2,(H,13,14);1H2/t7-;/m0./s1. The van der Waals surface area contributed by atoms with Gasteiger partial charge >= 0.3 is 5.97 Å². The van der Waals surface area contributed by atoms with E-state index in [1.165, 1.54) is 4.90 Å². The van der Waals surface area contributed by atoms with Crippen LogP contribution in [0.15, 0.2) is 0 Å². The van der Waals surface area contributed by atoms with Gasteiger partial charge in [-0.15, -0.1) is 0 Å². The fraction of sp³-hybridized carbons (Fsp3) is 0.778. The third-order valence-corrected chi connectivity index (χ3v) is 2.94. The average Bonchev–Trinajstić information content (AvgIpc) is 2.62. The van der Waals surface area contributed by atoms with Crippen molar-refractivity contribution >= 4 is 27.8 Å². The Labute approximate surface area is 96.9 Å². The first-order chi connectivity index (χ1) is 6.66. The lowest BCUT2D eigenvalue weighted by atomic mass is 10.2. The van der Waals surface area contributed by atoms with E-state index in [2.05, 4.69) is 15.9 Å². The van der Waals surface area contributed by atoms with Gasteiger partial charge in [-0.2, -0.15) is 0 Å². The van der Waals surface area contributed by atoms with Crippen molar-refractivity contribution in [3.05, 3.63) is 0 Å². The molecule has 0 unspecified atom stereocenters. The lowest BCUT2D eigenvalue weighted by Crippen LogP contribution is -2.40. The molecule has 1 rings (SSSR count). The highest BCUT2D eigenvalue weighted by molar-refractivity contribution is 9.09. The largest absolute Gasteiger partial charge is 0.480 e. The first-order valence-electron chi connectivity index (χ1n) is 4.75. The zero-order chi connectivity index (χ0) is 10.6. The van der Waals surface area contributed by atoms with E-state index in [4.69, 9.17) is 5.11 Å². The van der Waals surface area contributed by atoms with Crippen LogP contribution in [0.25, 0.3) is 0 Å². The van der Waals surface area contributed by atoms with Crippen LogP contribution in [0.5, 0.6) is 0 Å². The monoisotopic (exact) mass is 281 g/mol. The maximum Gasteiger partial charge on any atom is 0.326 e. The van der Waals surface area contributed by atoms with Crippen molar-refractivity contribution in [2.75, 3.05) is 11.9 Å². The van der Waals surface area contributed by atoms with Crippen molar-refractivity contribution in [2.24, 2.45) is 0 Å². The van der Waals surface area contributed by atoms with Gasteiger partial charge in [-0.05, 0) is 19.3 Å². The molecule has 1 aliphatic rings. The number of halogens is 1. The number of aliphatic carboxylic acids is 1. The first kappa shape index (κ1) is 14.4. The Morgan fingerprint density at radius 3 is 2.67 bits per heavy atom. The van der Waals surface area contributed by atoms with Crippen LogP contribution in [0.3, 0.4) is 0 Å². The molecule has 3 N–H and O–H groups in total. The average molecular weight is 282 g/mol. The second-order valence-corrected chi connectivity index (χ2v) is 4.17. The fourth-order valence-electron chi connectivity index (χ4n) is 1.68. The van der Waals surface area contributed by atoms with Gasteiger partial charge in [0.2, 0.25) is 5.91 Å². The molecule has 88 valence electrons. The molecule has 0 saturated carbocycles. The number of carboxylic acids is 1. The Balaban J connectivity index is 0.00000196. The Kier molecular flexibility index (Phi) is 6.51. The van der Waals surface area contributed by atoms with E-state index < -0.39 is 12.0 Å². The molecule has 0 aromatic carbocycles. The summed E-state index contributed by atoms with van der Waals surface area (Å²) in [6.07, 6.45) is 2.60. The lowest BCUT2D eigenvalue weighted by Gasteiger charge is -2.21.